The summed E-state index contributed by atoms with van der Waals surface area (Å²) in [5.74, 6) is 1.61. The van der Waals surface area contributed by atoms with Gasteiger partial charge in [-0.3, -0.25) is 0 Å². The summed E-state index contributed by atoms with van der Waals surface area (Å²) in [6, 6.07) is 15.4. The number of benzene rings is 2. The van der Waals surface area contributed by atoms with E-state index in [0.717, 1.165) is 28.9 Å². The highest BCUT2D eigenvalue weighted by atomic mass is 79.9. The summed E-state index contributed by atoms with van der Waals surface area (Å²) in [4.78, 5) is 0. The fourth-order valence-electron chi connectivity index (χ4n) is 1.60. The lowest BCUT2D eigenvalue weighted by Crippen LogP contribution is -1.86. The van der Waals surface area contributed by atoms with Gasteiger partial charge >= 0.3 is 0 Å². The zero-order valence-corrected chi connectivity index (χ0v) is 12.1. The van der Waals surface area contributed by atoms with Crippen molar-refractivity contribution in [2.75, 3.05) is 11.1 Å². The summed E-state index contributed by atoms with van der Waals surface area (Å²) >= 11 is 3.40. The Morgan fingerprint density at radius 3 is 2.11 bits per heavy atom. The fraction of sp³-hybridized carbons (Fsp3) is 0.125. The summed E-state index contributed by atoms with van der Waals surface area (Å²) in [6.07, 6.45) is 5.28. The number of ether oxygens (including phenoxy) is 1. The molecule has 0 amide bonds. The van der Waals surface area contributed by atoms with Crippen LogP contribution in [-0.2, 0) is 0 Å². The van der Waals surface area contributed by atoms with Crippen molar-refractivity contribution < 1.29 is 4.74 Å². The Labute approximate surface area is 122 Å². The van der Waals surface area contributed by atoms with Crippen LogP contribution in [0.25, 0.3) is 6.08 Å². The molecule has 2 nitrogen and oxygen atoms in total. The average Bonchev–Trinajstić information content (AvgIpc) is 2.44. The Balaban J connectivity index is 2.00. The molecule has 19 heavy (non-hydrogen) atoms. The topological polar surface area (TPSA) is 35.2 Å². The number of halogens is 1. The first-order chi connectivity index (χ1) is 9.28. The summed E-state index contributed by atoms with van der Waals surface area (Å²) in [6.45, 7) is 0. The Morgan fingerprint density at radius 2 is 1.53 bits per heavy atom. The maximum Gasteiger partial charge on any atom is 0.127 e. The van der Waals surface area contributed by atoms with Crippen molar-refractivity contribution in [3.05, 3.63) is 60.2 Å². The van der Waals surface area contributed by atoms with Gasteiger partial charge in [-0.05, 0) is 48.4 Å². The van der Waals surface area contributed by atoms with Crippen LogP contribution in [0.15, 0.2) is 54.6 Å². The van der Waals surface area contributed by atoms with Gasteiger partial charge in [-0.15, -0.1) is 0 Å². The van der Waals surface area contributed by atoms with E-state index in [0.29, 0.717) is 0 Å². The molecule has 0 unspecified atom stereocenters. The van der Waals surface area contributed by atoms with E-state index in [-0.39, 0.29) is 0 Å². The smallest absolute Gasteiger partial charge is 0.127 e. The van der Waals surface area contributed by atoms with Gasteiger partial charge in [-0.2, -0.15) is 0 Å². The molecule has 0 saturated heterocycles. The molecule has 0 aliphatic rings. The number of hydrogen-bond acceptors (Lipinski definition) is 2. The maximum atomic E-state index is 5.73. The zero-order valence-electron chi connectivity index (χ0n) is 10.6. The summed E-state index contributed by atoms with van der Waals surface area (Å²) in [5, 5.41) is 0.988. The van der Waals surface area contributed by atoms with Gasteiger partial charge in [0.05, 0.1) is 0 Å². The first kappa shape index (κ1) is 13.7. The van der Waals surface area contributed by atoms with E-state index in [1.807, 2.05) is 48.5 Å². The van der Waals surface area contributed by atoms with Crippen LogP contribution < -0.4 is 10.5 Å². The van der Waals surface area contributed by atoms with Crippen LogP contribution in [0.4, 0.5) is 5.69 Å². The SMILES string of the molecule is Nc1ccc(Oc2ccc(C=CCCBr)cc2)cc1. The highest BCUT2D eigenvalue weighted by molar-refractivity contribution is 9.09. The Morgan fingerprint density at radius 1 is 0.947 bits per heavy atom. The van der Waals surface area contributed by atoms with E-state index in [1.54, 1.807) is 0 Å². The van der Waals surface area contributed by atoms with Crippen molar-refractivity contribution >= 4 is 27.7 Å². The van der Waals surface area contributed by atoms with Crippen molar-refractivity contribution in [3.63, 3.8) is 0 Å². The van der Waals surface area contributed by atoms with Gasteiger partial charge in [0.15, 0.2) is 0 Å². The van der Waals surface area contributed by atoms with Crippen molar-refractivity contribution in [2.24, 2.45) is 0 Å². The number of allylic oxidation sites excluding steroid dienone is 1. The third kappa shape index (κ3) is 4.45. The normalized spacial score (nSPS) is 10.8. The molecule has 2 aromatic rings. The second kappa shape index (κ2) is 7.00. The zero-order chi connectivity index (χ0) is 13.5. The third-order valence-corrected chi connectivity index (χ3v) is 3.04. The summed E-state index contributed by atoms with van der Waals surface area (Å²) < 4.78 is 5.73. The Hall–Kier alpha value is -1.74. The first-order valence-electron chi connectivity index (χ1n) is 6.14. The minimum absolute atomic E-state index is 0.736. The van der Waals surface area contributed by atoms with E-state index in [4.69, 9.17) is 10.5 Å². The molecular formula is C16H16BrNO. The summed E-state index contributed by atoms with van der Waals surface area (Å²) in [5.41, 5.74) is 7.54. The summed E-state index contributed by atoms with van der Waals surface area (Å²) in [7, 11) is 0. The van der Waals surface area contributed by atoms with E-state index < -0.39 is 0 Å². The second-order valence-corrected chi connectivity index (χ2v) is 4.91. The number of alkyl halides is 1. The number of nitrogen functional groups attached to an aromatic ring is 1. The molecule has 0 aromatic heterocycles. The van der Waals surface area contributed by atoms with Crippen molar-refractivity contribution in [1.29, 1.82) is 0 Å². The van der Waals surface area contributed by atoms with Gasteiger partial charge in [-0.1, -0.05) is 40.2 Å². The van der Waals surface area contributed by atoms with E-state index in [2.05, 4.69) is 28.1 Å². The molecule has 2 rings (SSSR count). The van der Waals surface area contributed by atoms with Crippen LogP contribution in [0, 0.1) is 0 Å². The van der Waals surface area contributed by atoms with E-state index >= 15 is 0 Å². The number of nitrogens with two attached hydrogens (primary N) is 1. The lowest BCUT2D eigenvalue weighted by Gasteiger charge is -2.06. The van der Waals surface area contributed by atoms with Crippen LogP contribution in [-0.4, -0.2) is 5.33 Å². The van der Waals surface area contributed by atoms with Gasteiger partial charge in [0, 0.05) is 11.0 Å². The van der Waals surface area contributed by atoms with Crippen LogP contribution in [0.5, 0.6) is 11.5 Å². The van der Waals surface area contributed by atoms with Crippen molar-refractivity contribution in [2.45, 2.75) is 6.42 Å². The molecule has 0 spiro atoms. The number of hydrogen-bond donors (Lipinski definition) is 1. The quantitative estimate of drug-likeness (QED) is 0.631. The maximum absolute atomic E-state index is 5.73. The monoisotopic (exact) mass is 317 g/mol. The minimum atomic E-state index is 0.736. The van der Waals surface area contributed by atoms with Crippen LogP contribution in [0.1, 0.15) is 12.0 Å². The average molecular weight is 318 g/mol. The molecule has 0 heterocycles. The minimum Gasteiger partial charge on any atom is -0.457 e. The van der Waals surface area contributed by atoms with E-state index in [1.165, 1.54) is 5.56 Å². The largest absolute Gasteiger partial charge is 0.457 e. The van der Waals surface area contributed by atoms with Crippen LogP contribution >= 0.6 is 15.9 Å². The predicted octanol–water partition coefficient (Wildman–Crippen LogP) is 4.86. The molecular weight excluding hydrogens is 302 g/mol. The van der Waals surface area contributed by atoms with Crippen molar-refractivity contribution in [1.82, 2.24) is 0 Å². The van der Waals surface area contributed by atoms with Gasteiger partial charge in [0.25, 0.3) is 0 Å². The molecule has 0 aliphatic carbocycles. The lowest BCUT2D eigenvalue weighted by atomic mass is 10.2. The van der Waals surface area contributed by atoms with Crippen LogP contribution in [0.3, 0.4) is 0 Å². The highest BCUT2D eigenvalue weighted by Gasteiger charge is 1.96. The van der Waals surface area contributed by atoms with Crippen LogP contribution in [0.2, 0.25) is 0 Å². The predicted molar refractivity (Wildman–Crippen MR) is 84.8 cm³/mol. The molecule has 0 radical (unpaired) electrons. The Kier molecular flexibility index (Phi) is 5.04. The Bertz CT molecular complexity index is 532. The highest BCUT2D eigenvalue weighted by Crippen LogP contribution is 2.22. The molecule has 3 heteroatoms. The molecule has 2 aromatic carbocycles. The third-order valence-electron chi connectivity index (χ3n) is 2.58. The standard InChI is InChI=1S/C16H16BrNO/c17-12-2-1-3-13-4-8-15(9-5-13)19-16-10-6-14(18)7-11-16/h1,3-11H,2,12,18H2. The molecule has 0 atom stereocenters. The molecule has 98 valence electrons. The number of anilines is 1. The molecule has 0 saturated carbocycles. The van der Waals surface area contributed by atoms with E-state index in [9.17, 15) is 0 Å². The lowest BCUT2D eigenvalue weighted by molar-refractivity contribution is 0.483. The van der Waals surface area contributed by atoms with Gasteiger partial charge in [0.2, 0.25) is 0 Å². The van der Waals surface area contributed by atoms with Gasteiger partial charge in [-0.25, -0.2) is 0 Å². The fourth-order valence-corrected chi connectivity index (χ4v) is 1.87. The van der Waals surface area contributed by atoms with Gasteiger partial charge < -0.3 is 10.5 Å². The second-order valence-electron chi connectivity index (χ2n) is 4.12. The molecule has 0 aliphatic heterocycles. The molecule has 0 fully saturated rings. The van der Waals surface area contributed by atoms with Gasteiger partial charge in [0.1, 0.15) is 11.5 Å². The molecule has 2 N–H and O–H groups in total. The van der Waals surface area contributed by atoms with Crippen molar-refractivity contribution in [3.8, 4) is 11.5 Å². The molecule has 0 bridgehead atoms. The first-order valence-corrected chi connectivity index (χ1v) is 7.26. The number of rotatable bonds is 5.